The molecule has 0 saturated heterocycles. The standard InChI is InChI=1S/C13H20N2S2/c16-10-13(6-3-1-2-4-7-13)11-17-12-14-8-5-9-15-12/h5,8-9,16H,1-4,6-7,10-11H2. The van der Waals surface area contributed by atoms with E-state index >= 15 is 0 Å². The van der Waals surface area contributed by atoms with Crippen LogP contribution in [0.1, 0.15) is 38.5 Å². The van der Waals surface area contributed by atoms with Gasteiger partial charge in [0.2, 0.25) is 0 Å². The van der Waals surface area contributed by atoms with Crippen LogP contribution in [0.5, 0.6) is 0 Å². The van der Waals surface area contributed by atoms with Crippen LogP contribution < -0.4 is 0 Å². The van der Waals surface area contributed by atoms with Crippen LogP contribution in [0.15, 0.2) is 23.6 Å². The predicted octanol–water partition coefficient (Wildman–Crippen LogP) is 3.84. The second kappa shape index (κ2) is 6.64. The minimum absolute atomic E-state index is 0.406. The maximum absolute atomic E-state index is 4.59. The molecule has 0 aliphatic heterocycles. The first kappa shape index (κ1) is 13.2. The minimum Gasteiger partial charge on any atom is -0.231 e. The van der Waals surface area contributed by atoms with Crippen LogP contribution in [0.4, 0.5) is 0 Å². The van der Waals surface area contributed by atoms with E-state index in [1.165, 1.54) is 38.5 Å². The topological polar surface area (TPSA) is 25.8 Å². The summed E-state index contributed by atoms with van der Waals surface area (Å²) >= 11 is 6.38. The average Bonchev–Trinajstić information content (AvgIpc) is 2.64. The molecule has 1 fully saturated rings. The van der Waals surface area contributed by atoms with Gasteiger partial charge in [0, 0.05) is 18.1 Å². The normalized spacial score (nSPS) is 19.8. The van der Waals surface area contributed by atoms with Gasteiger partial charge in [-0.1, -0.05) is 37.4 Å². The van der Waals surface area contributed by atoms with Gasteiger partial charge in [-0.25, -0.2) is 9.97 Å². The van der Waals surface area contributed by atoms with Gasteiger partial charge in [-0.2, -0.15) is 12.6 Å². The molecule has 94 valence electrons. The van der Waals surface area contributed by atoms with Crippen molar-refractivity contribution >= 4 is 24.4 Å². The minimum atomic E-state index is 0.406. The first-order valence-electron chi connectivity index (χ1n) is 6.35. The highest BCUT2D eigenvalue weighted by Crippen LogP contribution is 2.39. The van der Waals surface area contributed by atoms with Gasteiger partial charge in [-0.3, -0.25) is 0 Å². The lowest BCUT2D eigenvalue weighted by molar-refractivity contribution is 0.332. The fourth-order valence-corrected chi connectivity index (χ4v) is 4.08. The molecule has 1 aliphatic rings. The van der Waals surface area contributed by atoms with Crippen molar-refractivity contribution in [3.05, 3.63) is 18.5 Å². The van der Waals surface area contributed by atoms with Crippen LogP contribution in [-0.4, -0.2) is 21.5 Å². The summed E-state index contributed by atoms with van der Waals surface area (Å²) < 4.78 is 0. The van der Waals surface area contributed by atoms with Crippen LogP contribution in [0.3, 0.4) is 0 Å². The second-order valence-corrected chi connectivity index (χ2v) is 6.15. The van der Waals surface area contributed by atoms with Gasteiger partial charge in [0.05, 0.1) is 0 Å². The smallest absolute Gasteiger partial charge is 0.187 e. The third-order valence-electron chi connectivity index (χ3n) is 3.55. The highest BCUT2D eigenvalue weighted by Gasteiger charge is 2.29. The van der Waals surface area contributed by atoms with E-state index in [4.69, 9.17) is 0 Å². The summed E-state index contributed by atoms with van der Waals surface area (Å²) in [4.78, 5) is 8.56. The molecule has 1 heterocycles. The first-order chi connectivity index (χ1) is 8.35. The molecule has 2 nitrogen and oxygen atoms in total. The summed E-state index contributed by atoms with van der Waals surface area (Å²) in [6, 6.07) is 1.87. The van der Waals surface area contributed by atoms with Crippen molar-refractivity contribution in [2.24, 2.45) is 5.41 Å². The largest absolute Gasteiger partial charge is 0.231 e. The summed E-state index contributed by atoms with van der Waals surface area (Å²) in [5.74, 6) is 2.10. The number of thiol groups is 1. The Kier molecular flexibility index (Phi) is 5.16. The Labute approximate surface area is 113 Å². The Bertz CT molecular complexity index is 321. The Balaban J connectivity index is 1.94. The van der Waals surface area contributed by atoms with Crippen LogP contribution >= 0.6 is 24.4 Å². The van der Waals surface area contributed by atoms with E-state index in [-0.39, 0.29) is 0 Å². The van der Waals surface area contributed by atoms with Crippen molar-refractivity contribution in [2.75, 3.05) is 11.5 Å². The molecule has 1 aromatic rings. The summed E-state index contributed by atoms with van der Waals surface area (Å²) in [5, 5.41) is 0.901. The van der Waals surface area contributed by atoms with E-state index < -0.39 is 0 Å². The number of hydrogen-bond acceptors (Lipinski definition) is 4. The van der Waals surface area contributed by atoms with Gasteiger partial charge in [-0.15, -0.1) is 0 Å². The van der Waals surface area contributed by atoms with Crippen molar-refractivity contribution in [3.63, 3.8) is 0 Å². The number of rotatable bonds is 4. The van der Waals surface area contributed by atoms with E-state index in [1.54, 1.807) is 11.8 Å². The molecule has 0 bridgehead atoms. The molecule has 4 heteroatoms. The zero-order chi connectivity index (χ0) is 12.0. The third kappa shape index (κ3) is 3.88. The molecule has 0 amide bonds. The van der Waals surface area contributed by atoms with Crippen molar-refractivity contribution < 1.29 is 0 Å². The van der Waals surface area contributed by atoms with Crippen LogP contribution in [-0.2, 0) is 0 Å². The Morgan fingerprint density at radius 3 is 2.35 bits per heavy atom. The Morgan fingerprint density at radius 2 is 1.76 bits per heavy atom. The monoisotopic (exact) mass is 268 g/mol. The van der Waals surface area contributed by atoms with E-state index in [9.17, 15) is 0 Å². The highest BCUT2D eigenvalue weighted by molar-refractivity contribution is 7.99. The molecule has 0 unspecified atom stereocenters. The average molecular weight is 268 g/mol. The summed E-state index contributed by atoms with van der Waals surface area (Å²) in [7, 11) is 0. The lowest BCUT2D eigenvalue weighted by Crippen LogP contribution is -2.25. The lowest BCUT2D eigenvalue weighted by Gasteiger charge is -2.30. The molecule has 2 rings (SSSR count). The molecular weight excluding hydrogens is 248 g/mol. The lowest BCUT2D eigenvalue weighted by atomic mass is 9.84. The van der Waals surface area contributed by atoms with Crippen molar-refractivity contribution in [2.45, 2.75) is 43.7 Å². The van der Waals surface area contributed by atoms with Crippen molar-refractivity contribution in [1.82, 2.24) is 9.97 Å². The van der Waals surface area contributed by atoms with Crippen LogP contribution in [0.2, 0.25) is 0 Å². The van der Waals surface area contributed by atoms with Gasteiger partial charge in [0.25, 0.3) is 0 Å². The number of nitrogens with zero attached hydrogens (tertiary/aromatic N) is 2. The molecule has 0 spiro atoms. The predicted molar refractivity (Wildman–Crippen MR) is 76.7 cm³/mol. The second-order valence-electron chi connectivity index (χ2n) is 4.89. The van der Waals surface area contributed by atoms with E-state index in [0.717, 1.165) is 16.7 Å². The molecular formula is C13H20N2S2. The molecule has 0 N–H and O–H groups in total. The molecule has 0 atom stereocenters. The van der Waals surface area contributed by atoms with Crippen molar-refractivity contribution in [1.29, 1.82) is 0 Å². The quantitative estimate of drug-likeness (QED) is 0.389. The van der Waals surface area contributed by atoms with E-state index in [0.29, 0.717) is 5.41 Å². The third-order valence-corrected chi connectivity index (χ3v) is 5.45. The first-order valence-corrected chi connectivity index (χ1v) is 7.97. The molecule has 1 aliphatic carbocycles. The molecule has 1 saturated carbocycles. The van der Waals surface area contributed by atoms with E-state index in [1.807, 2.05) is 18.5 Å². The molecule has 1 aromatic heterocycles. The van der Waals surface area contributed by atoms with Gasteiger partial charge >= 0.3 is 0 Å². The SMILES string of the molecule is SCC1(CSc2ncccn2)CCCCCC1. The summed E-state index contributed by atoms with van der Waals surface area (Å²) in [6.45, 7) is 0. The van der Waals surface area contributed by atoms with E-state index in [2.05, 4.69) is 22.6 Å². The van der Waals surface area contributed by atoms with Crippen LogP contribution in [0, 0.1) is 5.41 Å². The number of hydrogen-bond donors (Lipinski definition) is 1. The molecule has 0 radical (unpaired) electrons. The van der Waals surface area contributed by atoms with Gasteiger partial charge in [0.15, 0.2) is 5.16 Å². The number of thioether (sulfide) groups is 1. The zero-order valence-corrected chi connectivity index (χ0v) is 11.8. The summed E-state index contributed by atoms with van der Waals surface area (Å²) in [6.07, 6.45) is 11.8. The van der Waals surface area contributed by atoms with Gasteiger partial charge in [-0.05, 0) is 30.1 Å². The molecule has 0 aromatic carbocycles. The highest BCUT2D eigenvalue weighted by atomic mass is 32.2. The summed E-state index contributed by atoms with van der Waals surface area (Å²) in [5.41, 5.74) is 0.406. The Morgan fingerprint density at radius 1 is 1.12 bits per heavy atom. The van der Waals surface area contributed by atoms with Gasteiger partial charge in [0.1, 0.15) is 0 Å². The maximum atomic E-state index is 4.59. The molecule has 17 heavy (non-hydrogen) atoms. The zero-order valence-electron chi connectivity index (χ0n) is 10.1. The number of aromatic nitrogens is 2. The van der Waals surface area contributed by atoms with Crippen LogP contribution in [0.25, 0.3) is 0 Å². The van der Waals surface area contributed by atoms with Crippen molar-refractivity contribution in [3.8, 4) is 0 Å². The fourth-order valence-electron chi connectivity index (χ4n) is 2.40. The maximum Gasteiger partial charge on any atom is 0.187 e. The van der Waals surface area contributed by atoms with Gasteiger partial charge < -0.3 is 0 Å². The fraction of sp³-hybridized carbons (Fsp3) is 0.692. The Hall–Kier alpha value is -0.220.